The fourth-order valence-corrected chi connectivity index (χ4v) is 4.44. The minimum Gasteiger partial charge on any atom is -0.396 e. The molecule has 0 radical (unpaired) electrons. The predicted molar refractivity (Wildman–Crippen MR) is 128 cm³/mol. The number of nitrogen functional groups attached to an aromatic ring is 3. The minimum absolute atomic E-state index is 0.223. The second kappa shape index (κ2) is 8.85. The normalized spacial score (nSPS) is 17.9. The Morgan fingerprint density at radius 2 is 2.10 bits per heavy atom. The number of aromatic nitrogens is 1. The van der Waals surface area contributed by atoms with Gasteiger partial charge in [-0.25, -0.2) is 4.98 Å². The van der Waals surface area contributed by atoms with Gasteiger partial charge >= 0.3 is 0 Å². The van der Waals surface area contributed by atoms with Crippen molar-refractivity contribution in [3.8, 4) is 0 Å². The molecule has 0 amide bonds. The fourth-order valence-electron chi connectivity index (χ4n) is 4.44. The zero-order valence-electron chi connectivity index (χ0n) is 17.8. The highest BCUT2D eigenvalue weighted by atomic mass is 15.2. The average molecular weight is 421 g/mol. The van der Waals surface area contributed by atoms with E-state index in [4.69, 9.17) is 22.6 Å². The Bertz CT molecular complexity index is 980. The van der Waals surface area contributed by atoms with Gasteiger partial charge in [0.15, 0.2) is 0 Å². The molecule has 164 valence electrons. The summed E-state index contributed by atoms with van der Waals surface area (Å²) < 4.78 is 0. The number of nitrogens with one attached hydrogen (secondary N) is 3. The molecule has 0 bridgehead atoms. The Morgan fingerprint density at radius 3 is 2.84 bits per heavy atom. The Labute approximate surface area is 183 Å². The summed E-state index contributed by atoms with van der Waals surface area (Å²) in [5, 5.41) is 14.8. The molecule has 2 aromatic rings. The number of nitrogens with two attached hydrogens (primary N) is 3. The quantitative estimate of drug-likeness (QED) is 0.376. The number of anilines is 4. The van der Waals surface area contributed by atoms with Gasteiger partial charge in [-0.2, -0.15) is 0 Å². The largest absolute Gasteiger partial charge is 0.396 e. The highest BCUT2D eigenvalue weighted by Gasteiger charge is 2.40. The van der Waals surface area contributed by atoms with Crippen molar-refractivity contribution >= 4 is 29.2 Å². The third kappa shape index (κ3) is 4.74. The van der Waals surface area contributed by atoms with E-state index in [1.54, 1.807) is 6.07 Å². The molecule has 2 aliphatic rings. The van der Waals surface area contributed by atoms with Gasteiger partial charge in [-0.1, -0.05) is 12.1 Å². The van der Waals surface area contributed by atoms with Crippen molar-refractivity contribution in [3.63, 3.8) is 0 Å². The summed E-state index contributed by atoms with van der Waals surface area (Å²) >= 11 is 0. The molecule has 1 aliphatic carbocycles. The average Bonchev–Trinajstić information content (AvgIpc) is 2.75. The molecular weight excluding hydrogens is 388 g/mol. The van der Waals surface area contributed by atoms with Crippen LogP contribution in [0.25, 0.3) is 0 Å². The number of hydrogen-bond donors (Lipinski definition) is 6. The molecule has 8 nitrogen and oxygen atoms in total. The van der Waals surface area contributed by atoms with Crippen LogP contribution in [0, 0.1) is 5.41 Å². The van der Waals surface area contributed by atoms with Gasteiger partial charge in [0.1, 0.15) is 11.6 Å². The van der Waals surface area contributed by atoms with Crippen LogP contribution >= 0.6 is 0 Å². The SMILES string of the molecule is N=C/C(=C\NCc1cccc(N2CCNC3(CCC3)C2)c1)Cc1cc(N)nc(N)c1N. The summed E-state index contributed by atoms with van der Waals surface area (Å²) in [6.45, 7) is 3.84. The summed E-state index contributed by atoms with van der Waals surface area (Å²) in [6.07, 6.45) is 7.51. The van der Waals surface area contributed by atoms with Crippen molar-refractivity contribution in [3.05, 3.63) is 53.2 Å². The third-order valence-electron chi connectivity index (χ3n) is 6.33. The van der Waals surface area contributed by atoms with Crippen molar-refractivity contribution in [2.75, 3.05) is 41.7 Å². The number of benzene rings is 1. The molecule has 8 heteroatoms. The van der Waals surface area contributed by atoms with Crippen molar-refractivity contribution in [1.29, 1.82) is 5.41 Å². The molecule has 0 atom stereocenters. The molecule has 1 spiro atoms. The fraction of sp³-hybridized carbons (Fsp3) is 0.391. The molecule has 2 fully saturated rings. The maximum absolute atomic E-state index is 7.73. The number of hydrogen-bond acceptors (Lipinski definition) is 8. The van der Waals surface area contributed by atoms with Gasteiger partial charge < -0.3 is 38.1 Å². The number of piperazine rings is 1. The molecule has 9 N–H and O–H groups in total. The van der Waals surface area contributed by atoms with Gasteiger partial charge in [0.25, 0.3) is 0 Å². The van der Waals surface area contributed by atoms with Crippen LogP contribution in [-0.2, 0) is 13.0 Å². The Kier molecular flexibility index (Phi) is 5.99. The lowest BCUT2D eigenvalue weighted by Crippen LogP contribution is -2.64. The maximum atomic E-state index is 7.73. The lowest BCUT2D eigenvalue weighted by atomic mass is 9.75. The van der Waals surface area contributed by atoms with Gasteiger partial charge in [-0.05, 0) is 54.2 Å². The summed E-state index contributed by atoms with van der Waals surface area (Å²) in [4.78, 5) is 6.46. The summed E-state index contributed by atoms with van der Waals surface area (Å²) in [6, 6.07) is 10.4. The van der Waals surface area contributed by atoms with Gasteiger partial charge in [-0.15, -0.1) is 0 Å². The van der Waals surface area contributed by atoms with E-state index in [0.29, 0.717) is 30.0 Å². The van der Waals surface area contributed by atoms with Crippen LogP contribution in [0.2, 0.25) is 0 Å². The minimum atomic E-state index is 0.223. The molecule has 0 unspecified atom stereocenters. The van der Waals surface area contributed by atoms with Crippen LogP contribution in [0.5, 0.6) is 0 Å². The molecule has 4 rings (SSSR count). The van der Waals surface area contributed by atoms with E-state index < -0.39 is 0 Å². The first-order valence-corrected chi connectivity index (χ1v) is 10.8. The van der Waals surface area contributed by atoms with E-state index in [1.807, 2.05) is 6.20 Å². The molecule has 31 heavy (non-hydrogen) atoms. The van der Waals surface area contributed by atoms with E-state index in [-0.39, 0.29) is 5.82 Å². The van der Waals surface area contributed by atoms with Crippen LogP contribution in [0.4, 0.5) is 23.0 Å². The molecule has 1 saturated carbocycles. The van der Waals surface area contributed by atoms with E-state index in [2.05, 4.69) is 44.8 Å². The zero-order chi connectivity index (χ0) is 21.8. The highest BCUT2D eigenvalue weighted by Crippen LogP contribution is 2.35. The third-order valence-corrected chi connectivity index (χ3v) is 6.33. The molecule has 1 aliphatic heterocycles. The summed E-state index contributed by atoms with van der Waals surface area (Å²) in [7, 11) is 0. The molecular formula is C23H32N8. The number of nitrogens with zero attached hydrogens (tertiary/aromatic N) is 2. The van der Waals surface area contributed by atoms with E-state index in [1.165, 1.54) is 36.7 Å². The second-order valence-corrected chi connectivity index (χ2v) is 8.58. The Morgan fingerprint density at radius 1 is 1.26 bits per heavy atom. The lowest BCUT2D eigenvalue weighted by Gasteiger charge is -2.50. The zero-order valence-corrected chi connectivity index (χ0v) is 17.8. The van der Waals surface area contributed by atoms with Crippen LogP contribution in [0.1, 0.15) is 30.4 Å². The first-order chi connectivity index (χ1) is 15.0. The van der Waals surface area contributed by atoms with Gasteiger partial charge in [-0.3, -0.25) is 0 Å². The molecule has 1 aromatic carbocycles. The van der Waals surface area contributed by atoms with E-state index in [0.717, 1.165) is 30.8 Å². The Hall–Kier alpha value is -3.26. The van der Waals surface area contributed by atoms with Gasteiger partial charge in [0, 0.05) is 56.2 Å². The topological polar surface area (TPSA) is 142 Å². The molecule has 1 aromatic heterocycles. The van der Waals surface area contributed by atoms with Crippen LogP contribution in [0.15, 0.2) is 42.1 Å². The highest BCUT2D eigenvalue weighted by molar-refractivity contribution is 5.78. The van der Waals surface area contributed by atoms with Crippen molar-refractivity contribution in [2.45, 2.75) is 37.8 Å². The number of rotatable bonds is 7. The van der Waals surface area contributed by atoms with Crippen LogP contribution < -0.4 is 32.7 Å². The Balaban J connectivity index is 1.39. The molecule has 2 heterocycles. The lowest BCUT2D eigenvalue weighted by molar-refractivity contribution is 0.173. The van der Waals surface area contributed by atoms with Crippen LogP contribution in [-0.4, -0.2) is 36.4 Å². The maximum Gasteiger partial charge on any atom is 0.149 e. The summed E-state index contributed by atoms with van der Waals surface area (Å²) in [5.74, 6) is 0.549. The number of allylic oxidation sites excluding steroid dienone is 1. The first-order valence-electron chi connectivity index (χ1n) is 10.8. The van der Waals surface area contributed by atoms with Crippen LogP contribution in [0.3, 0.4) is 0 Å². The monoisotopic (exact) mass is 420 g/mol. The standard InChI is InChI=1S/C23H32N8/c24-12-17(9-18-11-20(25)30-22(27)21(18)26)14-28-13-16-3-1-4-19(10-16)31-8-7-29-23(15-31)5-2-6-23/h1,3-4,10-12,14,24,28-29H,2,5-9,13,15,26H2,(H4,25,27,30)/b17-14-,24-12?. The first kappa shape index (κ1) is 21.0. The van der Waals surface area contributed by atoms with E-state index >= 15 is 0 Å². The van der Waals surface area contributed by atoms with Gasteiger partial charge in [0.2, 0.25) is 0 Å². The predicted octanol–water partition coefficient (Wildman–Crippen LogP) is 2.03. The smallest absolute Gasteiger partial charge is 0.149 e. The second-order valence-electron chi connectivity index (χ2n) is 8.58. The van der Waals surface area contributed by atoms with Crippen molar-refractivity contribution in [1.82, 2.24) is 15.6 Å². The van der Waals surface area contributed by atoms with Crippen molar-refractivity contribution in [2.24, 2.45) is 0 Å². The summed E-state index contributed by atoms with van der Waals surface area (Å²) in [5.41, 5.74) is 22.4. The van der Waals surface area contributed by atoms with Crippen molar-refractivity contribution < 1.29 is 0 Å². The number of pyridine rings is 1. The van der Waals surface area contributed by atoms with E-state index in [9.17, 15) is 0 Å². The molecule has 1 saturated heterocycles. The van der Waals surface area contributed by atoms with Gasteiger partial charge in [0.05, 0.1) is 5.69 Å².